The van der Waals surface area contributed by atoms with Crippen LogP contribution >= 0.6 is 0 Å². The highest BCUT2D eigenvalue weighted by atomic mass is 16.4. The predicted octanol–water partition coefficient (Wildman–Crippen LogP) is 2.51. The van der Waals surface area contributed by atoms with E-state index in [9.17, 15) is 14.7 Å². The van der Waals surface area contributed by atoms with Gasteiger partial charge in [0.15, 0.2) is 0 Å². The van der Waals surface area contributed by atoms with Crippen LogP contribution < -0.4 is 0 Å². The lowest BCUT2D eigenvalue weighted by Gasteiger charge is -2.31. The Morgan fingerprint density at radius 1 is 1.30 bits per heavy atom. The number of carbonyl (C=O) groups excluding carboxylic acids is 1. The minimum absolute atomic E-state index is 0.0331. The second-order valence-electron chi connectivity index (χ2n) is 7.10. The maximum absolute atomic E-state index is 12.9. The van der Waals surface area contributed by atoms with Crippen molar-refractivity contribution in [1.29, 1.82) is 0 Å². The van der Waals surface area contributed by atoms with Crippen LogP contribution in [0.5, 0.6) is 0 Å². The summed E-state index contributed by atoms with van der Waals surface area (Å²) in [6, 6.07) is 0.0331. The Morgan fingerprint density at radius 3 is 2.65 bits per heavy atom. The summed E-state index contributed by atoms with van der Waals surface area (Å²) in [6.45, 7) is 0.750. The molecule has 0 spiro atoms. The molecule has 1 amide bonds. The second-order valence-corrected chi connectivity index (χ2v) is 7.10. The van der Waals surface area contributed by atoms with Crippen molar-refractivity contribution >= 4 is 11.9 Å². The molecule has 2 heterocycles. The highest BCUT2D eigenvalue weighted by Gasteiger charge is 2.41. The average molecular weight is 319 g/mol. The summed E-state index contributed by atoms with van der Waals surface area (Å²) in [7, 11) is 1.95. The van der Waals surface area contributed by atoms with E-state index in [2.05, 4.69) is 4.98 Å². The molecule has 1 aliphatic heterocycles. The molecule has 0 aromatic carbocycles. The van der Waals surface area contributed by atoms with Crippen molar-refractivity contribution in [2.45, 2.75) is 57.4 Å². The van der Waals surface area contributed by atoms with Gasteiger partial charge >= 0.3 is 5.97 Å². The summed E-state index contributed by atoms with van der Waals surface area (Å²) >= 11 is 0. The molecular formula is C17H25N3O3. The highest BCUT2D eigenvalue weighted by Crippen LogP contribution is 2.45. The zero-order valence-corrected chi connectivity index (χ0v) is 13.7. The number of imidazole rings is 1. The van der Waals surface area contributed by atoms with Crippen LogP contribution in [0.15, 0.2) is 12.4 Å². The zero-order chi connectivity index (χ0) is 16.4. The van der Waals surface area contributed by atoms with Gasteiger partial charge in [0.2, 0.25) is 5.91 Å². The van der Waals surface area contributed by atoms with E-state index in [0.29, 0.717) is 6.42 Å². The summed E-state index contributed by atoms with van der Waals surface area (Å²) in [5, 5.41) is 9.22. The lowest BCUT2D eigenvalue weighted by Crippen LogP contribution is -2.36. The van der Waals surface area contributed by atoms with Crippen molar-refractivity contribution in [2.24, 2.45) is 12.5 Å². The van der Waals surface area contributed by atoms with Gasteiger partial charge in [0.1, 0.15) is 5.82 Å². The maximum atomic E-state index is 12.9. The molecule has 1 aromatic heterocycles. The number of hydrogen-bond donors (Lipinski definition) is 1. The minimum atomic E-state index is -0.790. The molecule has 23 heavy (non-hydrogen) atoms. The first kappa shape index (κ1) is 16.0. The Labute approximate surface area is 136 Å². The second kappa shape index (κ2) is 6.34. The standard InChI is InChI=1S/C17H25N3O3/c1-19-10-8-18-16(19)13-5-4-9-20(13)14(21)11-17(12-15(22)23)6-2-3-7-17/h8,10,13H,2-7,9,11-12H2,1H3,(H,22,23). The summed E-state index contributed by atoms with van der Waals surface area (Å²) < 4.78 is 1.97. The molecule has 0 radical (unpaired) electrons. The smallest absolute Gasteiger partial charge is 0.303 e. The number of aryl methyl sites for hydroxylation is 1. The first-order valence-corrected chi connectivity index (χ1v) is 8.49. The van der Waals surface area contributed by atoms with Crippen LogP contribution in [-0.2, 0) is 16.6 Å². The zero-order valence-electron chi connectivity index (χ0n) is 13.7. The van der Waals surface area contributed by atoms with Gasteiger partial charge in [-0.3, -0.25) is 9.59 Å². The fraction of sp³-hybridized carbons (Fsp3) is 0.706. The number of carboxylic acids is 1. The molecule has 1 N–H and O–H groups in total. The molecule has 2 fully saturated rings. The lowest BCUT2D eigenvalue weighted by molar-refractivity contribution is -0.141. The van der Waals surface area contributed by atoms with Crippen molar-refractivity contribution in [3.05, 3.63) is 18.2 Å². The molecule has 2 aliphatic rings. The molecule has 1 saturated heterocycles. The van der Waals surface area contributed by atoms with Crippen LogP contribution in [0.2, 0.25) is 0 Å². The van der Waals surface area contributed by atoms with E-state index in [1.54, 1.807) is 6.20 Å². The SMILES string of the molecule is Cn1ccnc1C1CCCN1C(=O)CC1(CC(=O)O)CCCC1. The van der Waals surface area contributed by atoms with Crippen LogP contribution in [0.3, 0.4) is 0 Å². The van der Waals surface area contributed by atoms with Crippen molar-refractivity contribution in [3.8, 4) is 0 Å². The molecule has 126 valence electrons. The number of rotatable bonds is 5. The lowest BCUT2D eigenvalue weighted by atomic mass is 9.79. The van der Waals surface area contributed by atoms with Crippen LogP contribution in [0, 0.1) is 5.41 Å². The number of hydrogen-bond acceptors (Lipinski definition) is 3. The first-order chi connectivity index (χ1) is 11.0. The molecule has 1 unspecified atom stereocenters. The van der Waals surface area contributed by atoms with Crippen LogP contribution in [0.4, 0.5) is 0 Å². The molecule has 6 nitrogen and oxygen atoms in total. The Hall–Kier alpha value is -1.85. The molecular weight excluding hydrogens is 294 g/mol. The normalized spacial score (nSPS) is 23.3. The average Bonchev–Trinajstić information content (AvgIpc) is 3.18. The third-order valence-electron chi connectivity index (χ3n) is 5.45. The van der Waals surface area contributed by atoms with E-state index >= 15 is 0 Å². The van der Waals surface area contributed by atoms with E-state index < -0.39 is 5.97 Å². The molecule has 3 rings (SSSR count). The molecule has 1 atom stereocenters. The Morgan fingerprint density at radius 2 is 2.04 bits per heavy atom. The first-order valence-electron chi connectivity index (χ1n) is 8.49. The van der Waals surface area contributed by atoms with E-state index in [1.165, 1.54) is 0 Å². The number of nitrogens with zero attached hydrogens (tertiary/aromatic N) is 3. The third-order valence-corrected chi connectivity index (χ3v) is 5.45. The van der Waals surface area contributed by atoms with Crippen molar-refractivity contribution in [3.63, 3.8) is 0 Å². The van der Waals surface area contributed by atoms with Crippen LogP contribution in [0.1, 0.15) is 63.2 Å². The molecule has 0 bridgehead atoms. The topological polar surface area (TPSA) is 75.4 Å². The van der Waals surface area contributed by atoms with Gasteiger partial charge in [0, 0.05) is 32.4 Å². The number of carbonyl (C=O) groups is 2. The van der Waals surface area contributed by atoms with E-state index in [-0.39, 0.29) is 23.8 Å². The number of likely N-dealkylation sites (tertiary alicyclic amines) is 1. The summed E-state index contributed by atoms with van der Waals surface area (Å²) in [5.74, 6) is 0.231. The van der Waals surface area contributed by atoms with Crippen LogP contribution in [-0.4, -0.2) is 38.0 Å². The van der Waals surface area contributed by atoms with Gasteiger partial charge in [0.05, 0.1) is 12.5 Å². The Bertz CT molecular complexity index is 590. The van der Waals surface area contributed by atoms with Crippen molar-refractivity contribution in [1.82, 2.24) is 14.5 Å². The van der Waals surface area contributed by atoms with E-state index in [4.69, 9.17) is 0 Å². The van der Waals surface area contributed by atoms with Gasteiger partial charge in [-0.15, -0.1) is 0 Å². The fourth-order valence-electron chi connectivity index (χ4n) is 4.32. The quantitative estimate of drug-likeness (QED) is 0.905. The van der Waals surface area contributed by atoms with Gasteiger partial charge in [-0.25, -0.2) is 4.98 Å². The van der Waals surface area contributed by atoms with Gasteiger partial charge in [-0.05, 0) is 31.1 Å². The maximum Gasteiger partial charge on any atom is 0.303 e. The summed E-state index contributed by atoms with van der Waals surface area (Å²) in [6.07, 6.45) is 9.82. The monoisotopic (exact) mass is 319 g/mol. The highest BCUT2D eigenvalue weighted by molar-refractivity contribution is 5.79. The van der Waals surface area contributed by atoms with Gasteiger partial charge in [0.25, 0.3) is 0 Å². The Balaban J connectivity index is 1.74. The third kappa shape index (κ3) is 3.26. The largest absolute Gasteiger partial charge is 0.481 e. The van der Waals surface area contributed by atoms with E-state index in [1.807, 2.05) is 22.7 Å². The predicted molar refractivity (Wildman–Crippen MR) is 84.7 cm³/mol. The van der Waals surface area contributed by atoms with Crippen LogP contribution in [0.25, 0.3) is 0 Å². The number of aliphatic carboxylic acids is 1. The molecule has 1 saturated carbocycles. The fourth-order valence-corrected chi connectivity index (χ4v) is 4.32. The molecule has 1 aromatic rings. The van der Waals surface area contributed by atoms with Gasteiger partial charge in [-0.2, -0.15) is 0 Å². The van der Waals surface area contributed by atoms with Gasteiger partial charge in [-0.1, -0.05) is 12.8 Å². The Kier molecular flexibility index (Phi) is 4.41. The summed E-state index contributed by atoms with van der Waals surface area (Å²) in [5.41, 5.74) is -0.336. The van der Waals surface area contributed by atoms with Crippen molar-refractivity contribution in [2.75, 3.05) is 6.54 Å². The number of aromatic nitrogens is 2. The molecule has 6 heteroatoms. The summed E-state index contributed by atoms with van der Waals surface area (Å²) in [4.78, 5) is 30.4. The van der Waals surface area contributed by atoms with E-state index in [0.717, 1.165) is 50.9 Å². The molecule has 1 aliphatic carbocycles. The van der Waals surface area contributed by atoms with Gasteiger partial charge < -0.3 is 14.6 Å². The minimum Gasteiger partial charge on any atom is -0.481 e. The van der Waals surface area contributed by atoms with Crippen molar-refractivity contribution < 1.29 is 14.7 Å². The number of amides is 1. The number of carboxylic acid groups (broad SMARTS) is 1.